The Bertz CT molecular complexity index is 1010. The van der Waals surface area contributed by atoms with E-state index in [-0.39, 0.29) is 16.6 Å². The Hall–Kier alpha value is -1.40. The van der Waals surface area contributed by atoms with Gasteiger partial charge in [0.2, 0.25) is 15.9 Å². The lowest BCUT2D eigenvalue weighted by Gasteiger charge is -2.20. The number of carbonyl (C=O) groups is 1. The first-order valence-corrected chi connectivity index (χ1v) is 14.2. The van der Waals surface area contributed by atoms with E-state index in [1.807, 2.05) is 6.92 Å². The van der Waals surface area contributed by atoms with Gasteiger partial charge in [0.1, 0.15) is 0 Å². The fraction of sp³-hybridized carbons (Fsp3) is 0.450. The van der Waals surface area contributed by atoms with E-state index in [2.05, 4.69) is 22.1 Å². The summed E-state index contributed by atoms with van der Waals surface area (Å²) < 4.78 is 29.1. The van der Waals surface area contributed by atoms with E-state index in [9.17, 15) is 13.2 Å². The summed E-state index contributed by atoms with van der Waals surface area (Å²) in [6, 6.07) is 6.46. The van der Waals surface area contributed by atoms with Gasteiger partial charge in [0.25, 0.3) is 0 Å². The topological polar surface area (TPSA) is 92.3 Å². The molecule has 1 fully saturated rings. The van der Waals surface area contributed by atoms with Gasteiger partial charge < -0.3 is 5.32 Å². The molecule has 2 heterocycles. The first-order valence-electron chi connectivity index (χ1n) is 9.98. The normalized spacial score (nSPS) is 15.4. The molecule has 1 aliphatic heterocycles. The highest BCUT2D eigenvalue weighted by Crippen LogP contribution is 2.29. The third kappa shape index (κ3) is 7.31. The van der Waals surface area contributed by atoms with Gasteiger partial charge in [0.15, 0.2) is 8.68 Å². The largest absolute Gasteiger partial charge is 0.325 e. The fourth-order valence-electron chi connectivity index (χ4n) is 2.99. The SMILES string of the molecule is C=C(C)CSc1nnc(SCC(=O)Nc2cccc(S(=O)(=O)N3CCCCCC3)c2)s1. The number of rotatable bonds is 9. The van der Waals surface area contributed by atoms with Crippen molar-refractivity contribution in [2.45, 2.75) is 46.2 Å². The van der Waals surface area contributed by atoms with Crippen LogP contribution in [0.25, 0.3) is 0 Å². The standard InChI is InChI=1S/C20H26N4O3S4/c1-15(2)13-28-19-22-23-20(30-19)29-14-18(25)21-16-8-7-9-17(12-16)31(26,27)24-10-5-3-4-6-11-24/h7-9,12H,1,3-6,10-11,13-14H2,2H3,(H,21,25). The lowest BCUT2D eigenvalue weighted by Crippen LogP contribution is -2.32. The van der Waals surface area contributed by atoms with Crippen molar-refractivity contribution in [2.75, 3.05) is 29.9 Å². The molecule has 0 spiro atoms. The maximum atomic E-state index is 13.0. The molecule has 7 nitrogen and oxygen atoms in total. The molecule has 1 amide bonds. The number of thioether (sulfide) groups is 2. The number of nitrogens with zero attached hydrogens (tertiary/aromatic N) is 3. The monoisotopic (exact) mass is 498 g/mol. The summed E-state index contributed by atoms with van der Waals surface area (Å²) in [7, 11) is -3.56. The van der Waals surface area contributed by atoms with Gasteiger partial charge in [-0.15, -0.1) is 10.2 Å². The van der Waals surface area contributed by atoms with E-state index in [0.717, 1.165) is 45.7 Å². The number of aromatic nitrogens is 2. The fourth-order valence-corrected chi connectivity index (χ4v) is 7.22. The van der Waals surface area contributed by atoms with Crippen molar-refractivity contribution < 1.29 is 13.2 Å². The van der Waals surface area contributed by atoms with Crippen LogP contribution in [0, 0.1) is 0 Å². The van der Waals surface area contributed by atoms with E-state index < -0.39 is 10.0 Å². The van der Waals surface area contributed by atoms with E-state index in [0.29, 0.717) is 18.8 Å². The van der Waals surface area contributed by atoms with Crippen LogP contribution in [0.4, 0.5) is 5.69 Å². The molecule has 1 N–H and O–H groups in total. The molecule has 31 heavy (non-hydrogen) atoms. The molecule has 0 radical (unpaired) electrons. The van der Waals surface area contributed by atoms with Crippen molar-refractivity contribution in [1.29, 1.82) is 0 Å². The quantitative estimate of drug-likeness (QED) is 0.402. The lowest BCUT2D eigenvalue weighted by molar-refractivity contribution is -0.113. The Labute approximate surface area is 196 Å². The molecule has 11 heteroatoms. The highest BCUT2D eigenvalue weighted by molar-refractivity contribution is 8.03. The first-order chi connectivity index (χ1) is 14.8. The van der Waals surface area contributed by atoms with Gasteiger partial charge in [0.05, 0.1) is 10.6 Å². The lowest BCUT2D eigenvalue weighted by atomic mass is 10.2. The number of benzene rings is 1. The Morgan fingerprint density at radius 3 is 2.42 bits per heavy atom. The second kappa shape index (κ2) is 11.5. The minimum atomic E-state index is -3.56. The summed E-state index contributed by atoms with van der Waals surface area (Å²) in [5.74, 6) is 0.736. The van der Waals surface area contributed by atoms with Gasteiger partial charge in [-0.2, -0.15) is 4.31 Å². The van der Waals surface area contributed by atoms with Crippen LogP contribution < -0.4 is 5.32 Å². The predicted octanol–water partition coefficient (Wildman–Crippen LogP) is 4.50. The van der Waals surface area contributed by atoms with Gasteiger partial charge >= 0.3 is 0 Å². The van der Waals surface area contributed by atoms with E-state index in [4.69, 9.17) is 0 Å². The number of anilines is 1. The molecule has 1 aromatic heterocycles. The molecular formula is C20H26N4O3S4. The van der Waals surface area contributed by atoms with Crippen molar-refractivity contribution >= 4 is 56.5 Å². The number of sulfonamides is 1. The zero-order valence-corrected chi connectivity index (χ0v) is 20.6. The summed E-state index contributed by atoms with van der Waals surface area (Å²) >= 11 is 4.33. The number of hydrogen-bond acceptors (Lipinski definition) is 8. The second-order valence-electron chi connectivity index (χ2n) is 7.26. The molecule has 2 aromatic rings. The van der Waals surface area contributed by atoms with Crippen LogP contribution in [0.2, 0.25) is 0 Å². The molecule has 0 atom stereocenters. The van der Waals surface area contributed by atoms with E-state index in [1.54, 1.807) is 34.3 Å². The second-order valence-corrected chi connectivity index (χ2v) is 12.6. The van der Waals surface area contributed by atoms with Crippen molar-refractivity contribution in [3.05, 3.63) is 36.4 Å². The van der Waals surface area contributed by atoms with Gasteiger partial charge in [-0.1, -0.05) is 65.9 Å². The van der Waals surface area contributed by atoms with Gasteiger partial charge in [0, 0.05) is 24.5 Å². The Morgan fingerprint density at radius 1 is 1.13 bits per heavy atom. The van der Waals surface area contributed by atoms with Gasteiger partial charge in [-0.05, 0) is 38.0 Å². The molecule has 0 aliphatic carbocycles. The molecule has 1 saturated heterocycles. The van der Waals surface area contributed by atoms with Crippen LogP contribution in [0.1, 0.15) is 32.6 Å². The summed E-state index contributed by atoms with van der Waals surface area (Å²) in [5, 5.41) is 11.0. The van der Waals surface area contributed by atoms with Gasteiger partial charge in [-0.25, -0.2) is 8.42 Å². The molecule has 0 bridgehead atoms. The highest BCUT2D eigenvalue weighted by Gasteiger charge is 2.25. The van der Waals surface area contributed by atoms with Crippen molar-refractivity contribution in [1.82, 2.24) is 14.5 Å². The predicted molar refractivity (Wildman–Crippen MR) is 128 cm³/mol. The number of nitrogens with one attached hydrogen (secondary N) is 1. The minimum Gasteiger partial charge on any atom is -0.325 e. The summed E-state index contributed by atoms with van der Waals surface area (Å²) in [6.45, 7) is 6.92. The third-order valence-electron chi connectivity index (χ3n) is 4.48. The average molecular weight is 499 g/mol. The summed E-state index contributed by atoms with van der Waals surface area (Å²) in [6.07, 6.45) is 3.88. The maximum Gasteiger partial charge on any atom is 0.243 e. The van der Waals surface area contributed by atoms with Crippen LogP contribution in [0.3, 0.4) is 0 Å². The van der Waals surface area contributed by atoms with E-state index >= 15 is 0 Å². The Balaban J connectivity index is 1.56. The highest BCUT2D eigenvalue weighted by atomic mass is 32.2. The summed E-state index contributed by atoms with van der Waals surface area (Å²) in [5.41, 5.74) is 1.53. The van der Waals surface area contributed by atoms with Crippen molar-refractivity contribution in [2.24, 2.45) is 0 Å². The molecule has 1 aliphatic rings. The van der Waals surface area contributed by atoms with Crippen LogP contribution in [0.15, 0.2) is 50.0 Å². The number of carbonyl (C=O) groups excluding carboxylic acids is 1. The number of hydrogen-bond donors (Lipinski definition) is 1. The molecular weight excluding hydrogens is 473 g/mol. The van der Waals surface area contributed by atoms with Crippen LogP contribution in [-0.2, 0) is 14.8 Å². The van der Waals surface area contributed by atoms with Gasteiger partial charge in [-0.3, -0.25) is 4.79 Å². The van der Waals surface area contributed by atoms with Crippen LogP contribution in [-0.4, -0.2) is 53.4 Å². The minimum absolute atomic E-state index is 0.170. The smallest absolute Gasteiger partial charge is 0.243 e. The molecule has 0 saturated carbocycles. The Morgan fingerprint density at radius 2 is 1.77 bits per heavy atom. The zero-order chi connectivity index (χ0) is 22.3. The van der Waals surface area contributed by atoms with Crippen molar-refractivity contribution in [3.63, 3.8) is 0 Å². The van der Waals surface area contributed by atoms with Crippen LogP contribution >= 0.6 is 34.9 Å². The average Bonchev–Trinajstić information content (AvgIpc) is 3.01. The molecule has 1 aromatic carbocycles. The first kappa shape index (κ1) is 24.2. The van der Waals surface area contributed by atoms with E-state index in [1.165, 1.54) is 29.2 Å². The zero-order valence-electron chi connectivity index (χ0n) is 17.4. The third-order valence-corrected chi connectivity index (χ3v) is 9.79. The number of amides is 1. The van der Waals surface area contributed by atoms with Crippen molar-refractivity contribution in [3.8, 4) is 0 Å². The maximum absolute atomic E-state index is 13.0. The summed E-state index contributed by atoms with van der Waals surface area (Å²) in [4.78, 5) is 12.6. The molecule has 168 valence electrons. The molecule has 3 rings (SSSR count). The molecule has 0 unspecified atom stereocenters. The Kier molecular flexibility index (Phi) is 8.96. The van der Waals surface area contributed by atoms with Crippen LogP contribution in [0.5, 0.6) is 0 Å².